The van der Waals surface area contributed by atoms with Crippen molar-refractivity contribution < 1.29 is 14.6 Å². The summed E-state index contributed by atoms with van der Waals surface area (Å²) in [5.74, 6) is 0.355. The van der Waals surface area contributed by atoms with E-state index in [4.69, 9.17) is 15.6 Å². The summed E-state index contributed by atoms with van der Waals surface area (Å²) in [6, 6.07) is 13.7. The predicted octanol–water partition coefficient (Wildman–Crippen LogP) is 3.02. The number of carbonyl (C=O) groups is 1. The standard InChI is InChI=1S/C14H12NO3/c15-11-2-1-3-13(9-11)18-12-6-4-10(5-7-12)8-14(16)17/h1-7,9,15H,8H2,(H,16,17). The van der Waals surface area contributed by atoms with Crippen molar-refractivity contribution in [3.05, 3.63) is 54.1 Å². The van der Waals surface area contributed by atoms with Gasteiger partial charge in [0.05, 0.1) is 12.1 Å². The lowest BCUT2D eigenvalue weighted by atomic mass is 10.1. The van der Waals surface area contributed by atoms with Gasteiger partial charge in [-0.15, -0.1) is 0 Å². The maximum absolute atomic E-state index is 10.5. The van der Waals surface area contributed by atoms with Gasteiger partial charge in [0.1, 0.15) is 11.5 Å². The van der Waals surface area contributed by atoms with E-state index < -0.39 is 5.97 Å². The SMILES string of the molecule is [NH]c1cccc(Oc2ccc(CC(=O)O)cc2)c1. The Hall–Kier alpha value is -2.49. The fraction of sp³-hybridized carbons (Fsp3) is 0.0714. The van der Waals surface area contributed by atoms with Gasteiger partial charge in [0.15, 0.2) is 0 Å². The van der Waals surface area contributed by atoms with E-state index in [-0.39, 0.29) is 6.42 Å². The summed E-state index contributed by atoms with van der Waals surface area (Å²) in [4.78, 5) is 10.5. The topological polar surface area (TPSA) is 70.3 Å². The Morgan fingerprint density at radius 3 is 2.44 bits per heavy atom. The molecule has 0 heterocycles. The minimum Gasteiger partial charge on any atom is -0.481 e. The highest BCUT2D eigenvalue weighted by Crippen LogP contribution is 2.23. The first-order valence-electron chi connectivity index (χ1n) is 5.44. The van der Waals surface area contributed by atoms with E-state index in [0.29, 0.717) is 17.2 Å². The van der Waals surface area contributed by atoms with Crippen molar-refractivity contribution in [2.75, 3.05) is 0 Å². The molecular weight excluding hydrogens is 230 g/mol. The quantitative estimate of drug-likeness (QED) is 0.895. The molecule has 2 rings (SSSR count). The molecule has 0 amide bonds. The van der Waals surface area contributed by atoms with Crippen molar-refractivity contribution in [1.82, 2.24) is 5.73 Å². The third kappa shape index (κ3) is 3.25. The molecule has 4 heteroatoms. The molecule has 1 radical (unpaired) electrons. The van der Waals surface area contributed by atoms with Crippen molar-refractivity contribution in [3.8, 4) is 11.5 Å². The summed E-state index contributed by atoms with van der Waals surface area (Å²) in [5, 5.41) is 8.65. The van der Waals surface area contributed by atoms with Crippen LogP contribution in [0.2, 0.25) is 0 Å². The number of nitrogens with one attached hydrogen (secondary N) is 1. The molecular formula is C14H12NO3. The summed E-state index contributed by atoms with van der Waals surface area (Å²) < 4.78 is 5.55. The van der Waals surface area contributed by atoms with E-state index in [2.05, 4.69) is 0 Å². The fourth-order valence-electron chi connectivity index (χ4n) is 1.55. The Morgan fingerprint density at radius 1 is 1.11 bits per heavy atom. The first-order valence-corrected chi connectivity index (χ1v) is 5.44. The van der Waals surface area contributed by atoms with Crippen molar-refractivity contribution in [1.29, 1.82) is 0 Å². The summed E-state index contributed by atoms with van der Waals surface area (Å²) in [7, 11) is 0. The number of ether oxygens (including phenoxy) is 1. The van der Waals surface area contributed by atoms with Crippen LogP contribution in [0.15, 0.2) is 48.5 Å². The minimum absolute atomic E-state index is 0.00247. The van der Waals surface area contributed by atoms with Crippen LogP contribution < -0.4 is 10.5 Å². The molecule has 0 saturated heterocycles. The number of rotatable bonds is 4. The van der Waals surface area contributed by atoms with Crippen molar-refractivity contribution in [3.63, 3.8) is 0 Å². The van der Waals surface area contributed by atoms with Gasteiger partial charge in [-0.3, -0.25) is 4.79 Å². The van der Waals surface area contributed by atoms with Gasteiger partial charge in [-0.25, -0.2) is 0 Å². The molecule has 0 unspecified atom stereocenters. The molecule has 0 aromatic heterocycles. The van der Waals surface area contributed by atoms with Crippen LogP contribution in [-0.4, -0.2) is 11.1 Å². The molecule has 2 aromatic carbocycles. The van der Waals surface area contributed by atoms with Gasteiger partial charge in [0.2, 0.25) is 0 Å². The average molecular weight is 242 g/mol. The maximum Gasteiger partial charge on any atom is 0.307 e. The fourth-order valence-corrected chi connectivity index (χ4v) is 1.55. The van der Waals surface area contributed by atoms with E-state index in [1.54, 1.807) is 48.5 Å². The van der Waals surface area contributed by atoms with Gasteiger partial charge >= 0.3 is 5.97 Å². The van der Waals surface area contributed by atoms with E-state index in [1.165, 1.54) is 0 Å². The van der Waals surface area contributed by atoms with Crippen LogP contribution >= 0.6 is 0 Å². The van der Waals surface area contributed by atoms with Gasteiger partial charge in [-0.1, -0.05) is 18.2 Å². The highest BCUT2D eigenvalue weighted by Gasteiger charge is 2.02. The molecule has 0 atom stereocenters. The van der Waals surface area contributed by atoms with E-state index in [9.17, 15) is 4.79 Å². The molecule has 0 bridgehead atoms. The zero-order valence-corrected chi connectivity index (χ0v) is 9.59. The monoisotopic (exact) mass is 242 g/mol. The molecule has 0 saturated carbocycles. The first kappa shape index (κ1) is 12.0. The second kappa shape index (κ2) is 5.23. The smallest absolute Gasteiger partial charge is 0.307 e. The molecule has 0 aliphatic carbocycles. The third-order valence-electron chi connectivity index (χ3n) is 2.35. The lowest BCUT2D eigenvalue weighted by Gasteiger charge is -2.06. The second-order valence-electron chi connectivity index (χ2n) is 3.84. The number of carboxylic acid groups (broad SMARTS) is 1. The van der Waals surface area contributed by atoms with Crippen molar-refractivity contribution in [2.24, 2.45) is 0 Å². The summed E-state index contributed by atoms with van der Waals surface area (Å²) >= 11 is 0. The van der Waals surface area contributed by atoms with Crippen LogP contribution in [0.1, 0.15) is 5.56 Å². The van der Waals surface area contributed by atoms with Crippen LogP contribution in [0.4, 0.5) is 5.69 Å². The Kier molecular flexibility index (Phi) is 3.48. The summed E-state index contributed by atoms with van der Waals surface area (Å²) in [6.45, 7) is 0. The van der Waals surface area contributed by atoms with Gasteiger partial charge < -0.3 is 15.6 Å². The summed E-state index contributed by atoms with van der Waals surface area (Å²) in [6.07, 6.45) is 0.00247. The van der Waals surface area contributed by atoms with Gasteiger partial charge in [-0.2, -0.15) is 0 Å². The Morgan fingerprint density at radius 2 is 1.83 bits per heavy atom. The van der Waals surface area contributed by atoms with E-state index >= 15 is 0 Å². The average Bonchev–Trinajstić information content (AvgIpc) is 2.31. The molecule has 2 aromatic rings. The van der Waals surface area contributed by atoms with Crippen LogP contribution in [0.3, 0.4) is 0 Å². The molecule has 18 heavy (non-hydrogen) atoms. The van der Waals surface area contributed by atoms with Crippen LogP contribution in [0.25, 0.3) is 0 Å². The van der Waals surface area contributed by atoms with Crippen LogP contribution in [0.5, 0.6) is 11.5 Å². The molecule has 0 spiro atoms. The molecule has 4 nitrogen and oxygen atoms in total. The molecule has 2 N–H and O–H groups in total. The lowest BCUT2D eigenvalue weighted by Crippen LogP contribution is -1.99. The van der Waals surface area contributed by atoms with Crippen LogP contribution in [-0.2, 0) is 11.2 Å². The second-order valence-corrected chi connectivity index (χ2v) is 3.84. The van der Waals surface area contributed by atoms with Gasteiger partial charge in [0, 0.05) is 6.07 Å². The lowest BCUT2D eigenvalue weighted by molar-refractivity contribution is -0.136. The normalized spacial score (nSPS) is 10.0. The largest absolute Gasteiger partial charge is 0.481 e. The zero-order valence-electron chi connectivity index (χ0n) is 9.59. The number of carboxylic acids is 1. The Labute approximate surface area is 105 Å². The Bertz CT molecular complexity index is 549. The minimum atomic E-state index is -0.856. The van der Waals surface area contributed by atoms with E-state index in [1.807, 2.05) is 0 Å². The summed E-state index contributed by atoms with van der Waals surface area (Å²) in [5.41, 5.74) is 8.58. The first-order chi connectivity index (χ1) is 8.63. The van der Waals surface area contributed by atoms with Gasteiger partial charge in [-0.05, 0) is 29.8 Å². The molecule has 0 aliphatic heterocycles. The van der Waals surface area contributed by atoms with Gasteiger partial charge in [0.25, 0.3) is 0 Å². The maximum atomic E-state index is 10.5. The highest BCUT2D eigenvalue weighted by molar-refractivity contribution is 5.70. The van der Waals surface area contributed by atoms with E-state index in [0.717, 1.165) is 5.56 Å². The number of hydrogen-bond acceptors (Lipinski definition) is 2. The zero-order chi connectivity index (χ0) is 13.0. The Balaban J connectivity index is 2.08. The van der Waals surface area contributed by atoms with Crippen molar-refractivity contribution in [2.45, 2.75) is 6.42 Å². The number of hydrogen-bond donors (Lipinski definition) is 1. The predicted molar refractivity (Wildman–Crippen MR) is 67.1 cm³/mol. The number of benzene rings is 2. The molecule has 0 aliphatic rings. The number of aliphatic carboxylic acids is 1. The van der Waals surface area contributed by atoms with Crippen LogP contribution in [0, 0.1) is 0 Å². The highest BCUT2D eigenvalue weighted by atomic mass is 16.5. The van der Waals surface area contributed by atoms with Crippen molar-refractivity contribution >= 4 is 11.7 Å². The third-order valence-corrected chi connectivity index (χ3v) is 2.35. The molecule has 0 fully saturated rings. The molecule has 91 valence electrons.